The summed E-state index contributed by atoms with van der Waals surface area (Å²) in [6, 6.07) is 17.2. The molecule has 6 heteroatoms. The first-order chi connectivity index (χ1) is 14.4. The number of nitrogens with zero attached hydrogens (tertiary/aromatic N) is 1. The van der Waals surface area contributed by atoms with E-state index in [-0.39, 0.29) is 18.1 Å². The van der Waals surface area contributed by atoms with Crippen LogP contribution >= 0.6 is 11.3 Å². The summed E-state index contributed by atoms with van der Waals surface area (Å²) < 4.78 is 5.11. The van der Waals surface area contributed by atoms with E-state index in [0.717, 1.165) is 21.2 Å². The largest absolute Gasteiger partial charge is 0.462 e. The minimum absolute atomic E-state index is 0.0411. The Morgan fingerprint density at radius 1 is 1.20 bits per heavy atom. The predicted octanol–water partition coefficient (Wildman–Crippen LogP) is 5.75. The summed E-state index contributed by atoms with van der Waals surface area (Å²) in [5.74, 6) is -0.865. The van der Waals surface area contributed by atoms with E-state index in [2.05, 4.69) is 5.32 Å². The van der Waals surface area contributed by atoms with Crippen LogP contribution in [0.3, 0.4) is 0 Å². The van der Waals surface area contributed by atoms with E-state index in [1.807, 2.05) is 62.4 Å². The minimum Gasteiger partial charge on any atom is -0.462 e. The first-order valence-corrected chi connectivity index (χ1v) is 10.5. The summed E-state index contributed by atoms with van der Waals surface area (Å²) in [5, 5.41) is 14.7. The van der Waals surface area contributed by atoms with Crippen LogP contribution in [0.5, 0.6) is 0 Å². The van der Waals surface area contributed by atoms with Crippen LogP contribution in [-0.2, 0) is 9.53 Å². The Balaban J connectivity index is 1.95. The molecular formula is C24H22N2O3S. The maximum Gasteiger partial charge on any atom is 0.341 e. The van der Waals surface area contributed by atoms with Crippen LogP contribution in [-0.4, -0.2) is 18.5 Å². The zero-order chi connectivity index (χ0) is 21.7. The molecule has 0 fully saturated rings. The Bertz CT molecular complexity index is 1160. The molecule has 30 heavy (non-hydrogen) atoms. The van der Waals surface area contributed by atoms with Gasteiger partial charge in [0.25, 0.3) is 5.91 Å². The van der Waals surface area contributed by atoms with Gasteiger partial charge < -0.3 is 10.1 Å². The van der Waals surface area contributed by atoms with Crippen molar-refractivity contribution in [3.05, 3.63) is 70.1 Å². The van der Waals surface area contributed by atoms with Crippen molar-refractivity contribution in [3.63, 3.8) is 0 Å². The van der Waals surface area contributed by atoms with Crippen LogP contribution < -0.4 is 5.32 Å². The summed E-state index contributed by atoms with van der Waals surface area (Å²) in [7, 11) is 0. The fourth-order valence-electron chi connectivity index (χ4n) is 3.00. The van der Waals surface area contributed by atoms with Crippen LogP contribution in [0, 0.1) is 11.3 Å². The van der Waals surface area contributed by atoms with Gasteiger partial charge in [-0.1, -0.05) is 56.3 Å². The average molecular weight is 419 g/mol. The molecule has 5 nitrogen and oxygen atoms in total. The Kier molecular flexibility index (Phi) is 6.65. The summed E-state index contributed by atoms with van der Waals surface area (Å²) >= 11 is 1.32. The lowest BCUT2D eigenvalue weighted by Crippen LogP contribution is -2.15. The first-order valence-electron chi connectivity index (χ1n) is 9.66. The van der Waals surface area contributed by atoms with Crippen molar-refractivity contribution < 1.29 is 14.3 Å². The third-order valence-corrected chi connectivity index (χ3v) is 5.88. The number of hydrogen-bond donors (Lipinski definition) is 1. The summed E-state index contributed by atoms with van der Waals surface area (Å²) in [4.78, 5) is 26.1. The molecule has 152 valence electrons. The van der Waals surface area contributed by atoms with Gasteiger partial charge >= 0.3 is 5.97 Å². The molecule has 0 bridgehead atoms. The van der Waals surface area contributed by atoms with Crippen LogP contribution in [0.15, 0.2) is 54.1 Å². The van der Waals surface area contributed by atoms with Gasteiger partial charge in [-0.2, -0.15) is 5.26 Å². The van der Waals surface area contributed by atoms with Crippen molar-refractivity contribution in [2.24, 2.45) is 0 Å². The fourth-order valence-corrected chi connectivity index (χ4v) is 4.04. The molecular weight excluding hydrogens is 396 g/mol. The zero-order valence-electron chi connectivity index (χ0n) is 17.1. The first kappa shape index (κ1) is 21.3. The highest BCUT2D eigenvalue weighted by atomic mass is 32.1. The van der Waals surface area contributed by atoms with Crippen molar-refractivity contribution in [3.8, 4) is 6.07 Å². The molecule has 0 atom stereocenters. The van der Waals surface area contributed by atoms with Gasteiger partial charge in [-0.3, -0.25) is 4.79 Å². The predicted molar refractivity (Wildman–Crippen MR) is 121 cm³/mol. The van der Waals surface area contributed by atoms with E-state index in [4.69, 9.17) is 4.74 Å². The normalized spacial score (nSPS) is 11.4. The third-order valence-electron chi connectivity index (χ3n) is 4.53. The Morgan fingerprint density at radius 2 is 1.93 bits per heavy atom. The summed E-state index contributed by atoms with van der Waals surface area (Å²) in [6.07, 6.45) is 1.57. The van der Waals surface area contributed by atoms with E-state index in [0.29, 0.717) is 10.6 Å². The molecule has 1 aromatic heterocycles. The van der Waals surface area contributed by atoms with Crippen LogP contribution in [0.25, 0.3) is 16.8 Å². The van der Waals surface area contributed by atoms with E-state index < -0.39 is 11.9 Å². The molecule has 1 N–H and O–H groups in total. The highest BCUT2D eigenvalue weighted by Crippen LogP contribution is 2.34. The SMILES string of the molecule is CCOC(=O)c1cc(C(C)C)sc1NC(=O)C(C#N)=Cc1cccc2ccccc12. The highest BCUT2D eigenvalue weighted by molar-refractivity contribution is 7.16. The van der Waals surface area contributed by atoms with Gasteiger partial charge in [-0.05, 0) is 41.3 Å². The lowest BCUT2D eigenvalue weighted by molar-refractivity contribution is -0.112. The second-order valence-electron chi connectivity index (χ2n) is 6.96. The maximum atomic E-state index is 12.8. The van der Waals surface area contributed by atoms with Crippen LogP contribution in [0.1, 0.15) is 47.5 Å². The molecule has 0 saturated heterocycles. The molecule has 0 saturated carbocycles. The molecule has 0 unspecified atom stereocenters. The number of carbonyl (C=O) groups excluding carboxylic acids is 2. The highest BCUT2D eigenvalue weighted by Gasteiger charge is 2.21. The summed E-state index contributed by atoms with van der Waals surface area (Å²) in [6.45, 7) is 5.98. The van der Waals surface area contributed by atoms with E-state index in [9.17, 15) is 14.9 Å². The van der Waals surface area contributed by atoms with Crippen molar-refractivity contribution in [1.82, 2.24) is 0 Å². The van der Waals surface area contributed by atoms with Gasteiger partial charge in [0.15, 0.2) is 0 Å². The molecule has 0 spiro atoms. The molecule has 3 rings (SSSR count). The van der Waals surface area contributed by atoms with Gasteiger partial charge in [0.1, 0.15) is 16.6 Å². The third kappa shape index (κ3) is 4.58. The smallest absolute Gasteiger partial charge is 0.341 e. The quantitative estimate of drug-likeness (QED) is 0.314. The van der Waals surface area contributed by atoms with E-state index in [1.165, 1.54) is 11.3 Å². The molecule has 1 amide bonds. The molecule has 0 aliphatic heterocycles. The number of nitriles is 1. The molecule has 2 aromatic carbocycles. The van der Waals surface area contributed by atoms with Gasteiger partial charge in [0, 0.05) is 4.88 Å². The number of benzene rings is 2. The van der Waals surface area contributed by atoms with Gasteiger partial charge in [-0.15, -0.1) is 11.3 Å². The average Bonchev–Trinajstić information content (AvgIpc) is 3.16. The second-order valence-corrected chi connectivity index (χ2v) is 8.04. The lowest BCUT2D eigenvalue weighted by atomic mass is 10.0. The number of hydrogen-bond acceptors (Lipinski definition) is 5. The zero-order valence-corrected chi connectivity index (χ0v) is 17.9. The number of esters is 1. The fraction of sp³-hybridized carbons (Fsp3) is 0.208. The minimum atomic E-state index is -0.562. The van der Waals surface area contributed by atoms with Crippen LogP contribution in [0.4, 0.5) is 5.00 Å². The topological polar surface area (TPSA) is 79.2 Å². The lowest BCUT2D eigenvalue weighted by Gasteiger charge is -2.06. The Morgan fingerprint density at radius 3 is 2.63 bits per heavy atom. The van der Waals surface area contributed by atoms with E-state index >= 15 is 0 Å². The number of thiophene rings is 1. The van der Waals surface area contributed by atoms with Gasteiger partial charge in [0.2, 0.25) is 0 Å². The number of anilines is 1. The summed E-state index contributed by atoms with van der Waals surface area (Å²) in [5.41, 5.74) is 1.04. The second kappa shape index (κ2) is 9.38. The van der Waals surface area contributed by atoms with Crippen LogP contribution in [0.2, 0.25) is 0 Å². The van der Waals surface area contributed by atoms with E-state index in [1.54, 1.807) is 19.1 Å². The molecule has 0 aliphatic rings. The number of rotatable bonds is 6. The number of carbonyl (C=O) groups is 2. The number of nitrogens with one attached hydrogen (secondary N) is 1. The van der Waals surface area contributed by atoms with Crippen molar-refractivity contribution in [1.29, 1.82) is 5.26 Å². The maximum absolute atomic E-state index is 12.8. The molecule has 3 aromatic rings. The molecule has 0 aliphatic carbocycles. The van der Waals surface area contributed by atoms with Crippen molar-refractivity contribution >= 4 is 45.1 Å². The van der Waals surface area contributed by atoms with Crippen molar-refractivity contribution in [2.75, 3.05) is 11.9 Å². The molecule has 0 radical (unpaired) electrons. The number of ether oxygens (including phenoxy) is 1. The number of fused-ring (bicyclic) bond motifs is 1. The standard InChI is InChI=1S/C24H22N2O3S/c1-4-29-24(28)20-13-21(15(2)3)30-23(20)26-22(27)18(14-25)12-17-10-7-9-16-8-5-6-11-19(16)17/h5-13,15H,4H2,1-3H3,(H,26,27). The van der Waals surface area contributed by atoms with Gasteiger partial charge in [0.05, 0.1) is 12.2 Å². The monoisotopic (exact) mass is 418 g/mol. The van der Waals surface area contributed by atoms with Crippen molar-refractivity contribution in [2.45, 2.75) is 26.7 Å². The Hall–Kier alpha value is -3.43. The number of amides is 1. The Labute approximate surface area is 179 Å². The van der Waals surface area contributed by atoms with Gasteiger partial charge in [-0.25, -0.2) is 4.79 Å². The molecule has 1 heterocycles.